The summed E-state index contributed by atoms with van der Waals surface area (Å²) in [5.74, 6) is -1.02. The molecule has 0 aromatic carbocycles. The Bertz CT molecular complexity index is 190. The predicted molar refractivity (Wildman–Crippen MR) is 48.7 cm³/mol. The Labute approximate surface area is 83.3 Å². The molecular formula is C9H16O5. The third-order valence-electron chi connectivity index (χ3n) is 1.57. The molecule has 5 nitrogen and oxygen atoms in total. The highest BCUT2D eigenvalue weighted by molar-refractivity contribution is 5.81. The molecule has 0 spiro atoms. The third kappa shape index (κ3) is 4.81. The first-order valence-corrected chi connectivity index (χ1v) is 4.41. The van der Waals surface area contributed by atoms with E-state index in [0.29, 0.717) is 6.61 Å². The molecule has 0 saturated carbocycles. The molecule has 0 aliphatic heterocycles. The molecule has 0 bridgehead atoms. The summed E-state index contributed by atoms with van der Waals surface area (Å²) in [5, 5.41) is 0. The maximum atomic E-state index is 11.1. The number of methoxy groups -OCH3 is 2. The van der Waals surface area contributed by atoms with E-state index in [9.17, 15) is 9.59 Å². The number of carbonyl (C=O) groups excluding carboxylic acids is 2. The minimum Gasteiger partial charge on any atom is -0.467 e. The quantitative estimate of drug-likeness (QED) is 0.590. The van der Waals surface area contributed by atoms with E-state index in [-0.39, 0.29) is 6.42 Å². The van der Waals surface area contributed by atoms with Crippen LogP contribution in [-0.4, -0.2) is 38.9 Å². The van der Waals surface area contributed by atoms with Gasteiger partial charge in [0.05, 0.1) is 20.1 Å². The van der Waals surface area contributed by atoms with Gasteiger partial charge in [0.1, 0.15) is 0 Å². The minimum absolute atomic E-state index is 0.108. The Morgan fingerprint density at radius 2 is 1.93 bits per heavy atom. The molecule has 0 radical (unpaired) electrons. The highest BCUT2D eigenvalue weighted by Gasteiger charge is 2.22. The Hall–Kier alpha value is -1.10. The van der Waals surface area contributed by atoms with Gasteiger partial charge >= 0.3 is 11.9 Å². The van der Waals surface area contributed by atoms with Gasteiger partial charge in [-0.25, -0.2) is 4.79 Å². The van der Waals surface area contributed by atoms with E-state index in [1.165, 1.54) is 14.2 Å². The van der Waals surface area contributed by atoms with Gasteiger partial charge < -0.3 is 14.2 Å². The maximum absolute atomic E-state index is 11.1. The molecular weight excluding hydrogens is 188 g/mol. The summed E-state index contributed by atoms with van der Waals surface area (Å²) < 4.78 is 14.0. The van der Waals surface area contributed by atoms with Crippen molar-refractivity contribution in [2.75, 3.05) is 20.8 Å². The van der Waals surface area contributed by atoms with E-state index < -0.39 is 18.0 Å². The fourth-order valence-electron chi connectivity index (χ4n) is 0.821. The molecule has 0 heterocycles. The number of ether oxygens (including phenoxy) is 3. The summed E-state index contributed by atoms with van der Waals surface area (Å²) in [6, 6.07) is 0. The Morgan fingerprint density at radius 3 is 2.36 bits per heavy atom. The van der Waals surface area contributed by atoms with Crippen LogP contribution in [0.5, 0.6) is 0 Å². The van der Waals surface area contributed by atoms with Gasteiger partial charge in [0.25, 0.3) is 0 Å². The van der Waals surface area contributed by atoms with Crippen molar-refractivity contribution in [2.45, 2.75) is 25.9 Å². The van der Waals surface area contributed by atoms with Gasteiger partial charge in [-0.1, -0.05) is 6.92 Å². The van der Waals surface area contributed by atoms with Crippen molar-refractivity contribution in [3.63, 3.8) is 0 Å². The lowest BCUT2D eigenvalue weighted by Gasteiger charge is -2.11. The molecule has 14 heavy (non-hydrogen) atoms. The second-order valence-corrected chi connectivity index (χ2v) is 2.67. The van der Waals surface area contributed by atoms with Gasteiger partial charge in [0.2, 0.25) is 0 Å². The number of esters is 2. The Balaban J connectivity index is 3.92. The highest BCUT2D eigenvalue weighted by atomic mass is 16.6. The Kier molecular flexibility index (Phi) is 6.74. The molecule has 0 aliphatic rings. The van der Waals surface area contributed by atoms with Crippen LogP contribution in [0.1, 0.15) is 19.8 Å². The van der Waals surface area contributed by atoms with Crippen LogP contribution in [0.2, 0.25) is 0 Å². The molecule has 1 unspecified atom stereocenters. The smallest absolute Gasteiger partial charge is 0.335 e. The maximum Gasteiger partial charge on any atom is 0.335 e. The van der Waals surface area contributed by atoms with Gasteiger partial charge in [0, 0.05) is 7.11 Å². The van der Waals surface area contributed by atoms with Gasteiger partial charge in [-0.15, -0.1) is 0 Å². The van der Waals surface area contributed by atoms with Gasteiger partial charge in [-0.3, -0.25) is 4.79 Å². The predicted octanol–water partition coefficient (Wildman–Crippen LogP) is 0.518. The zero-order valence-electron chi connectivity index (χ0n) is 8.74. The molecule has 0 fully saturated rings. The van der Waals surface area contributed by atoms with Crippen molar-refractivity contribution >= 4 is 11.9 Å². The molecule has 0 aromatic heterocycles. The standard InChI is InChI=1S/C9H16O5/c1-4-5-14-8(10)6-7(12-2)9(11)13-3/h7H,4-6H2,1-3H3. The van der Waals surface area contributed by atoms with Gasteiger partial charge in [-0.2, -0.15) is 0 Å². The third-order valence-corrected chi connectivity index (χ3v) is 1.57. The molecule has 1 atom stereocenters. The first kappa shape index (κ1) is 12.9. The van der Waals surface area contributed by atoms with Gasteiger partial charge in [-0.05, 0) is 6.42 Å². The summed E-state index contributed by atoms with van der Waals surface area (Å²) in [7, 11) is 2.58. The molecule has 0 saturated heterocycles. The van der Waals surface area contributed by atoms with Crippen LogP contribution in [0.3, 0.4) is 0 Å². The average molecular weight is 204 g/mol. The second kappa shape index (κ2) is 7.32. The van der Waals surface area contributed by atoms with Crippen LogP contribution in [0.25, 0.3) is 0 Å². The summed E-state index contributed by atoms with van der Waals surface area (Å²) in [6.45, 7) is 2.25. The first-order chi connectivity index (χ1) is 6.65. The topological polar surface area (TPSA) is 61.8 Å². The summed E-state index contributed by atoms with van der Waals surface area (Å²) in [4.78, 5) is 22.1. The second-order valence-electron chi connectivity index (χ2n) is 2.67. The number of rotatable bonds is 6. The SMILES string of the molecule is CCCOC(=O)CC(OC)C(=O)OC. The van der Waals surface area contributed by atoms with E-state index in [1.54, 1.807) is 0 Å². The average Bonchev–Trinajstić information content (AvgIpc) is 2.21. The molecule has 0 rings (SSSR count). The lowest BCUT2D eigenvalue weighted by atomic mass is 10.2. The van der Waals surface area contributed by atoms with Crippen molar-refractivity contribution in [3.8, 4) is 0 Å². The Morgan fingerprint density at radius 1 is 1.29 bits per heavy atom. The summed E-state index contributed by atoms with van der Waals surface area (Å²) in [6.07, 6.45) is -0.227. The lowest BCUT2D eigenvalue weighted by molar-refractivity contribution is -0.159. The van der Waals surface area contributed by atoms with Crippen molar-refractivity contribution in [1.82, 2.24) is 0 Å². The van der Waals surface area contributed by atoms with Crippen molar-refractivity contribution in [3.05, 3.63) is 0 Å². The highest BCUT2D eigenvalue weighted by Crippen LogP contribution is 2.01. The van der Waals surface area contributed by atoms with Crippen LogP contribution in [0, 0.1) is 0 Å². The van der Waals surface area contributed by atoms with Gasteiger partial charge in [0.15, 0.2) is 6.10 Å². The van der Waals surface area contributed by atoms with Crippen LogP contribution >= 0.6 is 0 Å². The number of hydrogen-bond acceptors (Lipinski definition) is 5. The first-order valence-electron chi connectivity index (χ1n) is 4.41. The molecule has 0 aromatic rings. The van der Waals surface area contributed by atoms with Crippen molar-refractivity contribution in [1.29, 1.82) is 0 Å². The lowest BCUT2D eigenvalue weighted by Crippen LogP contribution is -2.28. The summed E-state index contributed by atoms with van der Waals surface area (Å²) >= 11 is 0. The van der Waals surface area contributed by atoms with E-state index in [1.807, 2.05) is 6.92 Å². The zero-order valence-corrected chi connectivity index (χ0v) is 8.74. The molecule has 0 N–H and O–H groups in total. The van der Waals surface area contributed by atoms with E-state index in [2.05, 4.69) is 4.74 Å². The van der Waals surface area contributed by atoms with E-state index in [4.69, 9.17) is 9.47 Å². The van der Waals surface area contributed by atoms with E-state index in [0.717, 1.165) is 6.42 Å². The van der Waals surface area contributed by atoms with Crippen molar-refractivity contribution in [2.24, 2.45) is 0 Å². The van der Waals surface area contributed by atoms with Crippen LogP contribution in [0.15, 0.2) is 0 Å². The molecule has 5 heteroatoms. The molecule has 82 valence electrons. The van der Waals surface area contributed by atoms with Crippen LogP contribution in [0.4, 0.5) is 0 Å². The zero-order chi connectivity index (χ0) is 11.0. The fraction of sp³-hybridized carbons (Fsp3) is 0.778. The fourth-order valence-corrected chi connectivity index (χ4v) is 0.821. The summed E-state index contributed by atoms with van der Waals surface area (Å²) in [5.41, 5.74) is 0. The molecule has 0 amide bonds. The minimum atomic E-state index is -0.871. The van der Waals surface area contributed by atoms with Crippen molar-refractivity contribution < 1.29 is 23.8 Å². The number of carbonyl (C=O) groups is 2. The number of hydrogen-bond donors (Lipinski definition) is 0. The normalized spacial score (nSPS) is 11.9. The molecule has 0 aliphatic carbocycles. The van der Waals surface area contributed by atoms with Crippen LogP contribution in [-0.2, 0) is 23.8 Å². The van der Waals surface area contributed by atoms with E-state index >= 15 is 0 Å². The monoisotopic (exact) mass is 204 g/mol. The van der Waals surface area contributed by atoms with Crippen LogP contribution < -0.4 is 0 Å². The largest absolute Gasteiger partial charge is 0.467 e.